The van der Waals surface area contributed by atoms with E-state index in [4.69, 9.17) is 4.52 Å². The van der Waals surface area contributed by atoms with Crippen molar-refractivity contribution in [1.29, 1.82) is 0 Å². The summed E-state index contributed by atoms with van der Waals surface area (Å²) in [5, 5.41) is 8.83. The SMILES string of the molecule is Cc1ccc(SCCNC(=O)CCc2nc(-c3cccs3)no2)cc1. The van der Waals surface area contributed by atoms with E-state index in [1.807, 2.05) is 17.5 Å². The van der Waals surface area contributed by atoms with Gasteiger partial charge in [0.15, 0.2) is 0 Å². The first kappa shape index (κ1) is 17.7. The Bertz CT molecular complexity index is 798. The van der Waals surface area contributed by atoms with Gasteiger partial charge in [0.2, 0.25) is 17.6 Å². The number of benzene rings is 1. The van der Waals surface area contributed by atoms with Crippen LogP contribution in [0.15, 0.2) is 51.2 Å². The van der Waals surface area contributed by atoms with Crippen LogP contribution in [-0.4, -0.2) is 28.3 Å². The van der Waals surface area contributed by atoms with E-state index in [-0.39, 0.29) is 5.91 Å². The van der Waals surface area contributed by atoms with Crippen molar-refractivity contribution in [2.45, 2.75) is 24.7 Å². The normalized spacial score (nSPS) is 10.8. The molecule has 0 fully saturated rings. The summed E-state index contributed by atoms with van der Waals surface area (Å²) in [7, 11) is 0. The van der Waals surface area contributed by atoms with Gasteiger partial charge in [0.05, 0.1) is 4.88 Å². The van der Waals surface area contributed by atoms with Crippen LogP contribution in [0.25, 0.3) is 10.7 Å². The molecule has 3 rings (SSSR count). The maximum Gasteiger partial charge on any atom is 0.227 e. The number of aryl methyl sites for hydroxylation is 2. The van der Waals surface area contributed by atoms with Gasteiger partial charge in [0.25, 0.3) is 0 Å². The topological polar surface area (TPSA) is 68.0 Å². The number of thioether (sulfide) groups is 1. The van der Waals surface area contributed by atoms with E-state index in [9.17, 15) is 4.79 Å². The third kappa shape index (κ3) is 5.44. The summed E-state index contributed by atoms with van der Waals surface area (Å²) in [5.41, 5.74) is 1.25. The molecule has 130 valence electrons. The molecular weight excluding hydrogens is 354 g/mol. The molecule has 3 aromatic rings. The highest BCUT2D eigenvalue weighted by molar-refractivity contribution is 7.99. The summed E-state index contributed by atoms with van der Waals surface area (Å²) >= 11 is 3.29. The first-order valence-electron chi connectivity index (χ1n) is 8.03. The van der Waals surface area contributed by atoms with Crippen molar-refractivity contribution in [3.63, 3.8) is 0 Å². The monoisotopic (exact) mass is 373 g/mol. The zero-order valence-electron chi connectivity index (χ0n) is 13.9. The molecular formula is C18H19N3O2S2. The van der Waals surface area contributed by atoms with Crippen molar-refractivity contribution in [1.82, 2.24) is 15.5 Å². The molecule has 1 aromatic carbocycles. The summed E-state index contributed by atoms with van der Waals surface area (Å²) in [5.74, 6) is 1.92. The fourth-order valence-electron chi connectivity index (χ4n) is 2.16. The number of nitrogens with zero attached hydrogens (tertiary/aromatic N) is 2. The third-order valence-corrected chi connectivity index (χ3v) is 5.37. The summed E-state index contributed by atoms with van der Waals surface area (Å²) in [6.45, 7) is 2.71. The standard InChI is InChI=1S/C18H19N3O2S2/c1-13-4-6-14(7-5-13)24-12-10-19-16(22)8-9-17-20-18(21-23-17)15-3-2-11-25-15/h2-7,11H,8-10,12H2,1H3,(H,19,22). The van der Waals surface area contributed by atoms with Gasteiger partial charge in [-0.1, -0.05) is 28.9 Å². The molecule has 0 unspecified atom stereocenters. The Labute approximate surface area is 154 Å². The third-order valence-electron chi connectivity index (χ3n) is 3.49. The highest BCUT2D eigenvalue weighted by Crippen LogP contribution is 2.21. The van der Waals surface area contributed by atoms with Gasteiger partial charge in [-0.25, -0.2) is 0 Å². The van der Waals surface area contributed by atoms with Crippen LogP contribution in [-0.2, 0) is 11.2 Å². The number of hydrogen-bond donors (Lipinski definition) is 1. The maximum absolute atomic E-state index is 11.9. The fraction of sp³-hybridized carbons (Fsp3) is 0.278. The first-order chi connectivity index (χ1) is 12.2. The van der Waals surface area contributed by atoms with Gasteiger partial charge in [-0.2, -0.15) is 4.98 Å². The molecule has 0 radical (unpaired) electrons. The molecule has 0 bridgehead atoms. The van der Waals surface area contributed by atoms with Gasteiger partial charge in [-0.15, -0.1) is 23.1 Å². The van der Waals surface area contributed by atoms with Gasteiger partial charge >= 0.3 is 0 Å². The number of aromatic nitrogens is 2. The van der Waals surface area contributed by atoms with Crippen molar-refractivity contribution in [2.24, 2.45) is 0 Å². The molecule has 7 heteroatoms. The molecule has 1 N–H and O–H groups in total. The van der Waals surface area contributed by atoms with Crippen LogP contribution in [0.2, 0.25) is 0 Å². The van der Waals surface area contributed by atoms with E-state index < -0.39 is 0 Å². The summed E-state index contributed by atoms with van der Waals surface area (Å²) in [6, 6.07) is 12.3. The van der Waals surface area contributed by atoms with Crippen LogP contribution < -0.4 is 5.32 Å². The van der Waals surface area contributed by atoms with E-state index in [2.05, 4.69) is 46.6 Å². The maximum atomic E-state index is 11.9. The minimum Gasteiger partial charge on any atom is -0.355 e. The molecule has 1 amide bonds. The van der Waals surface area contributed by atoms with Crippen molar-refractivity contribution < 1.29 is 9.32 Å². The Hall–Kier alpha value is -2.12. The Balaban J connectivity index is 1.35. The van der Waals surface area contributed by atoms with Crippen molar-refractivity contribution in [2.75, 3.05) is 12.3 Å². The second-order valence-corrected chi connectivity index (χ2v) is 7.62. The second kappa shape index (κ2) is 8.82. The second-order valence-electron chi connectivity index (χ2n) is 5.50. The fourth-order valence-corrected chi connectivity index (χ4v) is 3.58. The molecule has 0 saturated carbocycles. The minimum atomic E-state index is 0.000352. The number of nitrogens with one attached hydrogen (secondary N) is 1. The highest BCUT2D eigenvalue weighted by atomic mass is 32.2. The number of rotatable bonds is 8. The predicted molar refractivity (Wildman–Crippen MR) is 101 cm³/mol. The van der Waals surface area contributed by atoms with E-state index in [1.54, 1.807) is 23.1 Å². The summed E-state index contributed by atoms with van der Waals surface area (Å²) in [4.78, 5) is 18.4. The zero-order chi connectivity index (χ0) is 17.5. The van der Waals surface area contributed by atoms with Crippen LogP contribution in [0, 0.1) is 6.92 Å². The number of thiophene rings is 1. The van der Waals surface area contributed by atoms with Gasteiger partial charge in [0, 0.05) is 30.0 Å². The molecule has 2 aromatic heterocycles. The van der Waals surface area contributed by atoms with Crippen LogP contribution in [0.1, 0.15) is 17.9 Å². The Morgan fingerprint density at radius 1 is 1.28 bits per heavy atom. The Morgan fingerprint density at radius 3 is 2.88 bits per heavy atom. The Kier molecular flexibility index (Phi) is 6.25. The van der Waals surface area contributed by atoms with E-state index in [1.165, 1.54) is 10.5 Å². The molecule has 0 spiro atoms. The lowest BCUT2D eigenvalue weighted by Gasteiger charge is -2.04. The average molecular weight is 374 g/mol. The van der Waals surface area contributed by atoms with Crippen LogP contribution in [0.3, 0.4) is 0 Å². The first-order valence-corrected chi connectivity index (χ1v) is 9.90. The van der Waals surface area contributed by atoms with Crippen molar-refractivity contribution in [3.8, 4) is 10.7 Å². The molecule has 0 atom stereocenters. The zero-order valence-corrected chi connectivity index (χ0v) is 15.5. The highest BCUT2D eigenvalue weighted by Gasteiger charge is 2.11. The van der Waals surface area contributed by atoms with E-state index in [0.29, 0.717) is 31.1 Å². The Morgan fingerprint density at radius 2 is 2.12 bits per heavy atom. The van der Waals surface area contributed by atoms with Crippen LogP contribution in [0.5, 0.6) is 0 Å². The van der Waals surface area contributed by atoms with Gasteiger partial charge < -0.3 is 9.84 Å². The predicted octanol–water partition coefficient (Wildman–Crippen LogP) is 3.95. The molecule has 0 aliphatic heterocycles. The summed E-state index contributed by atoms with van der Waals surface area (Å²) < 4.78 is 5.19. The lowest BCUT2D eigenvalue weighted by atomic mass is 10.2. The molecule has 0 aliphatic carbocycles. The largest absolute Gasteiger partial charge is 0.355 e. The molecule has 2 heterocycles. The average Bonchev–Trinajstić information content (AvgIpc) is 3.29. The van der Waals surface area contributed by atoms with Crippen molar-refractivity contribution >= 4 is 29.0 Å². The molecule has 0 saturated heterocycles. The van der Waals surface area contributed by atoms with E-state index in [0.717, 1.165) is 10.6 Å². The smallest absolute Gasteiger partial charge is 0.227 e. The van der Waals surface area contributed by atoms with Crippen LogP contribution >= 0.6 is 23.1 Å². The van der Waals surface area contributed by atoms with Crippen molar-refractivity contribution in [3.05, 3.63) is 53.2 Å². The lowest BCUT2D eigenvalue weighted by molar-refractivity contribution is -0.121. The van der Waals surface area contributed by atoms with Crippen LogP contribution in [0.4, 0.5) is 0 Å². The lowest BCUT2D eigenvalue weighted by Crippen LogP contribution is -2.25. The molecule has 5 nitrogen and oxygen atoms in total. The van der Waals surface area contributed by atoms with E-state index >= 15 is 0 Å². The van der Waals surface area contributed by atoms with Gasteiger partial charge in [0.1, 0.15) is 0 Å². The number of carbonyl (C=O) groups is 1. The minimum absolute atomic E-state index is 0.000352. The summed E-state index contributed by atoms with van der Waals surface area (Å²) in [6.07, 6.45) is 0.802. The van der Waals surface area contributed by atoms with Gasteiger partial charge in [-0.05, 0) is 30.5 Å². The molecule has 25 heavy (non-hydrogen) atoms. The number of amides is 1. The number of carbonyl (C=O) groups excluding carboxylic acids is 1. The number of hydrogen-bond acceptors (Lipinski definition) is 6. The molecule has 0 aliphatic rings. The quantitative estimate of drug-likeness (QED) is 0.478. The van der Waals surface area contributed by atoms with Gasteiger partial charge in [-0.3, -0.25) is 4.79 Å².